The number of aryl methyl sites for hydroxylation is 1. The number of nitro benzene ring substituents is 1. The van der Waals surface area contributed by atoms with Crippen LogP contribution in [0.4, 0.5) is 21.7 Å². The minimum atomic E-state index is -0.989. The highest BCUT2D eigenvalue weighted by molar-refractivity contribution is 6.03. The van der Waals surface area contributed by atoms with Crippen molar-refractivity contribution in [1.82, 2.24) is 14.8 Å². The number of nitrogens with one attached hydrogen (secondary N) is 1. The van der Waals surface area contributed by atoms with Gasteiger partial charge in [0, 0.05) is 26.1 Å². The fourth-order valence-electron chi connectivity index (χ4n) is 2.67. The van der Waals surface area contributed by atoms with Gasteiger partial charge in [0.25, 0.3) is 0 Å². The molecule has 0 spiro atoms. The summed E-state index contributed by atoms with van der Waals surface area (Å²) in [6, 6.07) is 3.18. The van der Waals surface area contributed by atoms with Gasteiger partial charge in [0.1, 0.15) is 5.82 Å². The Morgan fingerprint density at radius 3 is 2.77 bits per heavy atom. The number of hydrogen-bond acceptors (Lipinski definition) is 6. The molecule has 0 bridgehead atoms. The Morgan fingerprint density at radius 2 is 2.15 bits per heavy atom. The third-order valence-electron chi connectivity index (χ3n) is 4.26. The Bertz CT molecular complexity index is 912. The Hall–Kier alpha value is -3.37. The molecule has 0 aliphatic carbocycles. The highest BCUT2D eigenvalue weighted by Gasteiger charge is 2.36. The van der Waals surface area contributed by atoms with Crippen LogP contribution >= 0.6 is 0 Å². The van der Waals surface area contributed by atoms with Gasteiger partial charge in [-0.05, 0) is 19.1 Å². The molecule has 1 saturated heterocycles. The molecule has 1 aromatic carbocycles. The molecule has 2 heterocycles. The molecular formula is C15H15FN6O4. The SMILES string of the molecule is Cc1nnc(NC(=O)C2CC(=O)N(c3ccc(F)c([N+](=O)[O-])c3)C2)n1C. The number of carbonyl (C=O) groups excluding carboxylic acids is 2. The normalized spacial score (nSPS) is 16.8. The standard InChI is InChI=1S/C15H15FN6O4/c1-8-18-19-15(20(8)2)17-14(24)9-5-13(23)21(7-9)10-3-4-11(16)12(6-10)22(25)26/h3-4,6,9H,5,7H2,1-2H3,(H,17,19,24). The fraction of sp³-hybridized carbons (Fsp3) is 0.333. The largest absolute Gasteiger partial charge is 0.311 e. The van der Waals surface area contributed by atoms with E-state index in [-0.39, 0.29) is 30.5 Å². The van der Waals surface area contributed by atoms with Crippen LogP contribution < -0.4 is 10.2 Å². The first-order valence-corrected chi connectivity index (χ1v) is 7.69. The zero-order chi connectivity index (χ0) is 19.0. The van der Waals surface area contributed by atoms with Gasteiger partial charge >= 0.3 is 5.69 Å². The number of nitro groups is 1. The molecule has 1 unspecified atom stereocenters. The van der Waals surface area contributed by atoms with Crippen molar-refractivity contribution in [2.75, 3.05) is 16.8 Å². The third kappa shape index (κ3) is 3.10. The number of nitrogens with zero attached hydrogens (tertiary/aromatic N) is 5. The number of aromatic nitrogens is 3. The summed E-state index contributed by atoms with van der Waals surface area (Å²) in [6.07, 6.45) is -0.0617. The van der Waals surface area contributed by atoms with Crippen molar-refractivity contribution in [3.8, 4) is 0 Å². The number of carbonyl (C=O) groups is 2. The van der Waals surface area contributed by atoms with Crippen LogP contribution in [0.1, 0.15) is 12.2 Å². The van der Waals surface area contributed by atoms with Crippen LogP contribution in [0.2, 0.25) is 0 Å². The van der Waals surface area contributed by atoms with Crippen LogP contribution in [-0.4, -0.2) is 38.0 Å². The van der Waals surface area contributed by atoms with Crippen molar-refractivity contribution < 1.29 is 18.9 Å². The molecule has 1 aliphatic rings. The highest BCUT2D eigenvalue weighted by atomic mass is 19.1. The molecule has 0 saturated carbocycles. The Morgan fingerprint density at radius 1 is 1.42 bits per heavy atom. The second-order valence-corrected chi connectivity index (χ2v) is 5.92. The maximum atomic E-state index is 13.5. The van der Waals surface area contributed by atoms with E-state index in [4.69, 9.17) is 0 Å². The van der Waals surface area contributed by atoms with Crippen molar-refractivity contribution in [3.63, 3.8) is 0 Å². The number of amides is 2. The average Bonchev–Trinajstić information content (AvgIpc) is 3.13. The smallest absolute Gasteiger partial charge is 0.306 e. The van der Waals surface area contributed by atoms with Gasteiger partial charge in [-0.1, -0.05) is 0 Å². The van der Waals surface area contributed by atoms with E-state index < -0.39 is 28.3 Å². The lowest BCUT2D eigenvalue weighted by atomic mass is 10.1. The van der Waals surface area contributed by atoms with E-state index in [1.165, 1.54) is 11.0 Å². The number of anilines is 2. The van der Waals surface area contributed by atoms with Crippen molar-refractivity contribution >= 4 is 29.1 Å². The van der Waals surface area contributed by atoms with Crippen LogP contribution in [0.3, 0.4) is 0 Å². The molecule has 0 radical (unpaired) electrons. The lowest BCUT2D eigenvalue weighted by Crippen LogP contribution is -2.28. The van der Waals surface area contributed by atoms with Gasteiger partial charge in [-0.25, -0.2) is 0 Å². The topological polar surface area (TPSA) is 123 Å². The second kappa shape index (κ2) is 6.50. The molecule has 1 atom stereocenters. The summed E-state index contributed by atoms with van der Waals surface area (Å²) in [5, 5.41) is 21.1. The maximum absolute atomic E-state index is 13.5. The van der Waals surface area contributed by atoms with Gasteiger partial charge in [0.2, 0.25) is 23.6 Å². The van der Waals surface area contributed by atoms with E-state index in [9.17, 15) is 24.1 Å². The van der Waals surface area contributed by atoms with Crippen LogP contribution in [-0.2, 0) is 16.6 Å². The Balaban J connectivity index is 1.76. The fourth-order valence-corrected chi connectivity index (χ4v) is 2.67. The van der Waals surface area contributed by atoms with Gasteiger partial charge in [0.05, 0.1) is 16.5 Å². The number of hydrogen-bond donors (Lipinski definition) is 1. The van der Waals surface area contributed by atoms with Gasteiger partial charge in [-0.2, -0.15) is 4.39 Å². The summed E-state index contributed by atoms with van der Waals surface area (Å²) in [5.74, 6) is -1.56. The molecule has 26 heavy (non-hydrogen) atoms. The van der Waals surface area contributed by atoms with Crippen LogP contribution in [0, 0.1) is 28.8 Å². The monoisotopic (exact) mass is 362 g/mol. The molecule has 3 rings (SSSR count). The lowest BCUT2D eigenvalue weighted by molar-refractivity contribution is -0.387. The summed E-state index contributed by atoms with van der Waals surface area (Å²) in [4.78, 5) is 35.9. The predicted molar refractivity (Wildman–Crippen MR) is 87.9 cm³/mol. The molecule has 11 heteroatoms. The van der Waals surface area contributed by atoms with Gasteiger partial charge < -0.3 is 9.47 Å². The predicted octanol–water partition coefficient (Wildman–Crippen LogP) is 1.16. The van der Waals surface area contributed by atoms with Gasteiger partial charge in [0.15, 0.2) is 0 Å². The van der Waals surface area contributed by atoms with E-state index in [0.717, 1.165) is 12.1 Å². The van der Waals surface area contributed by atoms with E-state index in [1.807, 2.05) is 0 Å². The molecule has 1 aromatic heterocycles. The van der Waals surface area contributed by atoms with Crippen molar-refractivity contribution in [2.45, 2.75) is 13.3 Å². The molecule has 1 aliphatic heterocycles. The minimum Gasteiger partial charge on any atom is -0.311 e. The number of benzene rings is 1. The summed E-state index contributed by atoms with van der Waals surface area (Å²) in [6.45, 7) is 1.76. The maximum Gasteiger partial charge on any atom is 0.306 e. The van der Waals surface area contributed by atoms with E-state index >= 15 is 0 Å². The van der Waals surface area contributed by atoms with Gasteiger partial charge in [-0.3, -0.25) is 25.0 Å². The molecular weight excluding hydrogens is 347 g/mol. The summed E-state index contributed by atoms with van der Waals surface area (Å²) < 4.78 is 15.1. The molecule has 1 fully saturated rings. The van der Waals surface area contributed by atoms with E-state index in [1.54, 1.807) is 18.5 Å². The first-order valence-electron chi connectivity index (χ1n) is 7.69. The molecule has 2 aromatic rings. The number of halogens is 1. The molecule has 10 nitrogen and oxygen atoms in total. The zero-order valence-electron chi connectivity index (χ0n) is 14.0. The molecule has 136 valence electrons. The van der Waals surface area contributed by atoms with Crippen LogP contribution in [0.15, 0.2) is 18.2 Å². The third-order valence-corrected chi connectivity index (χ3v) is 4.26. The minimum absolute atomic E-state index is 0.0320. The van der Waals surface area contributed by atoms with E-state index in [0.29, 0.717) is 5.82 Å². The van der Waals surface area contributed by atoms with Gasteiger partial charge in [-0.15, -0.1) is 10.2 Å². The van der Waals surface area contributed by atoms with Crippen LogP contribution in [0.5, 0.6) is 0 Å². The summed E-state index contributed by atoms with van der Waals surface area (Å²) in [7, 11) is 1.69. The quantitative estimate of drug-likeness (QED) is 0.643. The summed E-state index contributed by atoms with van der Waals surface area (Å²) in [5.41, 5.74) is -0.550. The Labute approximate surface area is 146 Å². The molecule has 2 amide bonds. The van der Waals surface area contributed by atoms with Crippen LogP contribution in [0.25, 0.3) is 0 Å². The van der Waals surface area contributed by atoms with Crippen molar-refractivity contribution in [1.29, 1.82) is 0 Å². The molecule has 1 N–H and O–H groups in total. The lowest BCUT2D eigenvalue weighted by Gasteiger charge is -2.16. The van der Waals surface area contributed by atoms with E-state index in [2.05, 4.69) is 15.5 Å². The first kappa shape index (κ1) is 17.5. The number of rotatable bonds is 4. The second-order valence-electron chi connectivity index (χ2n) is 5.92. The zero-order valence-corrected chi connectivity index (χ0v) is 14.0. The average molecular weight is 362 g/mol. The Kier molecular flexibility index (Phi) is 4.36. The highest BCUT2D eigenvalue weighted by Crippen LogP contribution is 2.30. The summed E-state index contributed by atoms with van der Waals surface area (Å²) >= 11 is 0. The van der Waals surface area contributed by atoms with Crippen molar-refractivity contribution in [2.24, 2.45) is 13.0 Å². The van der Waals surface area contributed by atoms with Crippen molar-refractivity contribution in [3.05, 3.63) is 40.0 Å². The first-order chi connectivity index (χ1) is 12.3.